The predicted octanol–water partition coefficient (Wildman–Crippen LogP) is 4.89. The Hall–Kier alpha value is -3.04. The number of fused-ring (bicyclic) bond motifs is 1. The average molecular weight is 353 g/mol. The molecule has 0 aliphatic carbocycles. The maximum atomic E-state index is 11.7. The minimum absolute atomic E-state index is 0.198. The Kier molecular flexibility index (Phi) is 5.17. The van der Waals surface area contributed by atoms with E-state index < -0.39 is 6.16 Å². The van der Waals surface area contributed by atoms with E-state index in [2.05, 4.69) is 6.07 Å². The highest BCUT2D eigenvalue weighted by atomic mass is 32.1. The first-order valence-corrected chi connectivity index (χ1v) is 8.51. The normalized spacial score (nSPS) is 10.2. The summed E-state index contributed by atoms with van der Waals surface area (Å²) in [5, 5.41) is 10.4. The van der Waals surface area contributed by atoms with Crippen LogP contribution in [0.25, 0.3) is 10.1 Å². The Morgan fingerprint density at radius 3 is 2.72 bits per heavy atom. The number of nitrogens with zero attached hydrogens (tertiary/aromatic N) is 1. The summed E-state index contributed by atoms with van der Waals surface area (Å²) < 4.78 is 17.0. The summed E-state index contributed by atoms with van der Waals surface area (Å²) in [6.07, 6.45) is -0.767. The van der Waals surface area contributed by atoms with E-state index in [-0.39, 0.29) is 13.2 Å². The first-order valence-electron chi connectivity index (χ1n) is 7.70. The van der Waals surface area contributed by atoms with Crippen molar-refractivity contribution >= 4 is 27.6 Å². The van der Waals surface area contributed by atoms with Crippen LogP contribution in [-0.2, 0) is 11.3 Å². The molecule has 0 fully saturated rings. The molecule has 0 N–H and O–H groups in total. The van der Waals surface area contributed by atoms with Gasteiger partial charge in [-0.1, -0.05) is 41.7 Å². The highest BCUT2D eigenvalue weighted by Crippen LogP contribution is 2.44. The van der Waals surface area contributed by atoms with Gasteiger partial charge in [0.2, 0.25) is 5.06 Å². The number of nitriles is 1. The van der Waals surface area contributed by atoms with E-state index in [0.717, 1.165) is 15.6 Å². The molecule has 5 nitrogen and oxygen atoms in total. The molecule has 6 heteroatoms. The number of carbonyl (C=O) groups excluding carboxylic acids is 1. The Morgan fingerprint density at radius 2 is 1.92 bits per heavy atom. The first-order chi connectivity index (χ1) is 12.2. The van der Waals surface area contributed by atoms with Crippen LogP contribution in [0.1, 0.15) is 18.1 Å². The molecule has 0 radical (unpaired) electrons. The molecule has 0 amide bonds. The van der Waals surface area contributed by atoms with Gasteiger partial charge in [-0.05, 0) is 25.1 Å². The second-order valence-corrected chi connectivity index (χ2v) is 6.07. The smallest absolute Gasteiger partial charge is 0.483 e. The fourth-order valence-electron chi connectivity index (χ4n) is 2.33. The summed E-state index contributed by atoms with van der Waals surface area (Å²) in [5.41, 5.74) is 1.32. The van der Waals surface area contributed by atoms with Gasteiger partial charge in [-0.25, -0.2) is 4.79 Å². The van der Waals surface area contributed by atoms with Gasteiger partial charge < -0.3 is 14.2 Å². The highest BCUT2D eigenvalue weighted by Gasteiger charge is 2.19. The molecular formula is C19H15NO4S. The van der Waals surface area contributed by atoms with Crippen LogP contribution in [0.4, 0.5) is 4.79 Å². The lowest BCUT2D eigenvalue weighted by atomic mass is 10.1. The maximum absolute atomic E-state index is 11.7. The van der Waals surface area contributed by atoms with Gasteiger partial charge in [0.1, 0.15) is 6.61 Å². The fourth-order valence-corrected chi connectivity index (χ4v) is 3.32. The molecule has 1 aromatic heterocycles. The number of hydrogen-bond acceptors (Lipinski definition) is 6. The lowest BCUT2D eigenvalue weighted by Gasteiger charge is -2.09. The molecule has 0 unspecified atom stereocenters. The summed E-state index contributed by atoms with van der Waals surface area (Å²) in [5.74, 6) is 0.474. The summed E-state index contributed by atoms with van der Waals surface area (Å²) in [7, 11) is 0. The summed E-state index contributed by atoms with van der Waals surface area (Å²) in [6.45, 7) is 2.14. The van der Waals surface area contributed by atoms with Gasteiger partial charge in [0.15, 0.2) is 5.75 Å². The lowest BCUT2D eigenvalue weighted by molar-refractivity contribution is 0.104. The summed E-state index contributed by atoms with van der Waals surface area (Å²) in [4.78, 5) is 11.7. The Bertz CT molecular complexity index is 942. The molecule has 3 aromatic rings. The second-order valence-electron chi connectivity index (χ2n) is 5.06. The fraction of sp³-hybridized carbons (Fsp3) is 0.158. The number of rotatable bonds is 5. The van der Waals surface area contributed by atoms with E-state index in [0.29, 0.717) is 16.4 Å². The minimum Gasteiger partial charge on any atom is -0.483 e. The zero-order chi connectivity index (χ0) is 17.6. The van der Waals surface area contributed by atoms with Crippen LogP contribution in [0.3, 0.4) is 0 Å². The molecule has 0 aliphatic heterocycles. The van der Waals surface area contributed by atoms with Gasteiger partial charge in [0.25, 0.3) is 0 Å². The van der Waals surface area contributed by atoms with Crippen molar-refractivity contribution in [2.45, 2.75) is 13.5 Å². The third-order valence-electron chi connectivity index (χ3n) is 3.47. The molecule has 0 atom stereocenters. The van der Waals surface area contributed by atoms with Gasteiger partial charge in [-0.3, -0.25) is 0 Å². The molecule has 126 valence electrons. The molecule has 2 aromatic carbocycles. The van der Waals surface area contributed by atoms with Gasteiger partial charge in [0, 0.05) is 15.6 Å². The van der Waals surface area contributed by atoms with Gasteiger partial charge in [-0.2, -0.15) is 5.26 Å². The third kappa shape index (κ3) is 3.73. The van der Waals surface area contributed by atoms with Crippen molar-refractivity contribution in [3.8, 4) is 16.9 Å². The first kappa shape index (κ1) is 16.8. The van der Waals surface area contributed by atoms with Gasteiger partial charge >= 0.3 is 6.16 Å². The minimum atomic E-state index is -0.767. The molecule has 0 saturated heterocycles. The highest BCUT2D eigenvalue weighted by molar-refractivity contribution is 7.21. The standard InChI is InChI=1S/C19H15NO4S/c1-2-22-19(21)24-18-17(15-9-5-6-10-16(15)25-18)23-12-14-8-4-3-7-13(14)11-20/h3-10H,2,12H2,1H3. The second kappa shape index (κ2) is 7.69. The number of thiophene rings is 1. The van der Waals surface area contributed by atoms with E-state index in [4.69, 9.17) is 14.2 Å². The zero-order valence-electron chi connectivity index (χ0n) is 13.5. The average Bonchev–Trinajstić information content (AvgIpc) is 2.97. The maximum Gasteiger partial charge on any atom is 0.514 e. The van der Waals surface area contributed by atoms with Crippen molar-refractivity contribution in [1.82, 2.24) is 0 Å². The molecule has 0 aliphatic rings. The van der Waals surface area contributed by atoms with E-state index in [9.17, 15) is 10.1 Å². The SMILES string of the molecule is CCOC(=O)Oc1sc2ccccc2c1OCc1ccccc1C#N. The summed E-state index contributed by atoms with van der Waals surface area (Å²) >= 11 is 1.31. The van der Waals surface area contributed by atoms with Crippen molar-refractivity contribution in [2.75, 3.05) is 6.61 Å². The Balaban J connectivity index is 1.91. The van der Waals surface area contributed by atoms with Crippen molar-refractivity contribution in [1.29, 1.82) is 5.26 Å². The molecule has 0 spiro atoms. The van der Waals surface area contributed by atoms with Crippen molar-refractivity contribution in [3.05, 3.63) is 59.7 Å². The number of ether oxygens (including phenoxy) is 3. The number of hydrogen-bond donors (Lipinski definition) is 0. The van der Waals surface area contributed by atoms with Gasteiger partial charge in [-0.15, -0.1) is 0 Å². The van der Waals surface area contributed by atoms with Crippen molar-refractivity contribution in [3.63, 3.8) is 0 Å². The topological polar surface area (TPSA) is 68.6 Å². The molecule has 25 heavy (non-hydrogen) atoms. The van der Waals surface area contributed by atoms with E-state index >= 15 is 0 Å². The van der Waals surface area contributed by atoms with Gasteiger partial charge in [0.05, 0.1) is 18.2 Å². The number of carbonyl (C=O) groups is 1. The third-order valence-corrected chi connectivity index (χ3v) is 4.50. The van der Waals surface area contributed by atoms with Crippen LogP contribution in [0.2, 0.25) is 0 Å². The van der Waals surface area contributed by atoms with E-state index in [1.54, 1.807) is 19.1 Å². The van der Waals surface area contributed by atoms with E-state index in [1.807, 2.05) is 36.4 Å². The summed E-state index contributed by atoms with van der Waals surface area (Å²) in [6, 6.07) is 17.0. The number of benzene rings is 2. The van der Waals surface area contributed by atoms with Crippen LogP contribution in [0.5, 0.6) is 10.8 Å². The quantitative estimate of drug-likeness (QED) is 0.611. The van der Waals surface area contributed by atoms with Crippen LogP contribution in [0, 0.1) is 11.3 Å². The monoisotopic (exact) mass is 353 g/mol. The van der Waals surface area contributed by atoms with E-state index in [1.165, 1.54) is 11.3 Å². The van der Waals surface area contributed by atoms with Crippen LogP contribution < -0.4 is 9.47 Å². The molecule has 3 rings (SSSR count). The van der Waals surface area contributed by atoms with Crippen LogP contribution in [-0.4, -0.2) is 12.8 Å². The van der Waals surface area contributed by atoms with Crippen LogP contribution in [0.15, 0.2) is 48.5 Å². The molecular weight excluding hydrogens is 338 g/mol. The van der Waals surface area contributed by atoms with Crippen molar-refractivity contribution in [2.24, 2.45) is 0 Å². The zero-order valence-corrected chi connectivity index (χ0v) is 14.3. The van der Waals surface area contributed by atoms with Crippen molar-refractivity contribution < 1.29 is 19.0 Å². The lowest BCUT2D eigenvalue weighted by Crippen LogP contribution is -2.10. The largest absolute Gasteiger partial charge is 0.514 e. The Labute approximate surface area is 149 Å². The predicted molar refractivity (Wildman–Crippen MR) is 95.0 cm³/mol. The van der Waals surface area contributed by atoms with Crippen LogP contribution >= 0.6 is 11.3 Å². The Morgan fingerprint density at radius 1 is 1.16 bits per heavy atom. The molecule has 0 saturated carbocycles. The molecule has 1 heterocycles. The molecule has 0 bridgehead atoms.